The van der Waals surface area contributed by atoms with Gasteiger partial charge in [-0.25, -0.2) is 0 Å². The Morgan fingerprint density at radius 1 is 1.42 bits per heavy atom. The molecule has 19 heavy (non-hydrogen) atoms. The molecule has 0 saturated heterocycles. The van der Waals surface area contributed by atoms with Gasteiger partial charge in [0.25, 0.3) is 0 Å². The third-order valence-electron chi connectivity index (χ3n) is 2.33. The van der Waals surface area contributed by atoms with Gasteiger partial charge in [-0.15, -0.1) is 0 Å². The smallest absolute Gasteiger partial charge is 0.230 e. The molecule has 1 atom stereocenters. The van der Waals surface area contributed by atoms with Crippen LogP contribution in [0.5, 0.6) is 0 Å². The molecule has 0 radical (unpaired) electrons. The summed E-state index contributed by atoms with van der Waals surface area (Å²) in [6, 6.07) is 0.270. The highest BCUT2D eigenvalue weighted by Crippen LogP contribution is 2.17. The number of carbonyl (C=O) groups excluding carboxylic acids is 1. The fourth-order valence-corrected chi connectivity index (χ4v) is 1.70. The van der Waals surface area contributed by atoms with Crippen LogP contribution in [-0.2, 0) is 4.79 Å². The lowest BCUT2D eigenvalue weighted by molar-refractivity contribution is -0.115. The van der Waals surface area contributed by atoms with Crippen LogP contribution in [0.25, 0.3) is 0 Å². The third-order valence-corrected chi connectivity index (χ3v) is 3.20. The molecular weight excluding hydrogens is 264 g/mol. The van der Waals surface area contributed by atoms with Crippen LogP contribution in [-0.4, -0.2) is 46.7 Å². The van der Waals surface area contributed by atoms with E-state index in [1.54, 1.807) is 4.90 Å². The van der Waals surface area contributed by atoms with Crippen molar-refractivity contribution in [3.8, 4) is 0 Å². The summed E-state index contributed by atoms with van der Waals surface area (Å²) in [7, 11) is 3.70. The Labute approximate surface area is 117 Å². The van der Waals surface area contributed by atoms with E-state index in [0.717, 1.165) is 6.42 Å². The Balaban J connectivity index is 2.93. The largest absolute Gasteiger partial charge is 0.369 e. The van der Waals surface area contributed by atoms with Gasteiger partial charge in [-0.2, -0.15) is 15.0 Å². The number of nitrogens with zero attached hydrogens (tertiary/aromatic N) is 4. The van der Waals surface area contributed by atoms with Crippen molar-refractivity contribution in [3.05, 3.63) is 0 Å². The maximum atomic E-state index is 10.8. The summed E-state index contributed by atoms with van der Waals surface area (Å²) in [4.78, 5) is 25.4. The van der Waals surface area contributed by atoms with E-state index >= 15 is 0 Å². The van der Waals surface area contributed by atoms with Crippen molar-refractivity contribution in [3.63, 3.8) is 0 Å². The van der Waals surface area contributed by atoms with Crippen molar-refractivity contribution >= 4 is 29.6 Å². The molecule has 1 heterocycles. The molecule has 0 saturated carbocycles. The van der Waals surface area contributed by atoms with Crippen LogP contribution >= 0.6 is 11.8 Å². The average Bonchev–Trinajstić information content (AvgIpc) is 2.35. The van der Waals surface area contributed by atoms with Crippen molar-refractivity contribution in [1.82, 2.24) is 15.0 Å². The summed E-state index contributed by atoms with van der Waals surface area (Å²) in [5, 5.41) is 3.69. The normalized spacial score (nSPS) is 12.0. The molecule has 1 aromatic heterocycles. The second-order valence-electron chi connectivity index (χ2n) is 4.34. The van der Waals surface area contributed by atoms with Gasteiger partial charge in [0.1, 0.15) is 0 Å². The van der Waals surface area contributed by atoms with Crippen molar-refractivity contribution in [1.29, 1.82) is 0 Å². The van der Waals surface area contributed by atoms with E-state index < -0.39 is 5.91 Å². The maximum Gasteiger partial charge on any atom is 0.230 e. The highest BCUT2D eigenvalue weighted by Gasteiger charge is 2.11. The zero-order valence-corrected chi connectivity index (χ0v) is 12.5. The number of aromatic nitrogens is 3. The molecule has 0 aromatic carbocycles. The molecule has 0 unspecified atom stereocenters. The first kappa shape index (κ1) is 15.5. The quantitative estimate of drug-likeness (QED) is 0.712. The summed E-state index contributed by atoms with van der Waals surface area (Å²) >= 11 is 1.21. The predicted molar refractivity (Wildman–Crippen MR) is 77.4 cm³/mol. The fraction of sp³-hybridized carbons (Fsp3) is 0.636. The van der Waals surface area contributed by atoms with Gasteiger partial charge >= 0.3 is 0 Å². The minimum atomic E-state index is -0.395. The second kappa shape index (κ2) is 7.13. The van der Waals surface area contributed by atoms with Crippen molar-refractivity contribution in [2.75, 3.05) is 30.1 Å². The van der Waals surface area contributed by atoms with E-state index in [9.17, 15) is 4.79 Å². The van der Waals surface area contributed by atoms with Gasteiger partial charge in [0.2, 0.25) is 17.8 Å². The van der Waals surface area contributed by atoms with Crippen LogP contribution in [0.2, 0.25) is 0 Å². The van der Waals surface area contributed by atoms with Gasteiger partial charge in [-0.05, 0) is 13.3 Å². The van der Waals surface area contributed by atoms with Gasteiger partial charge in [-0.1, -0.05) is 18.7 Å². The summed E-state index contributed by atoms with van der Waals surface area (Å²) < 4.78 is 0. The molecule has 3 N–H and O–H groups in total. The monoisotopic (exact) mass is 284 g/mol. The Bertz CT molecular complexity index is 439. The van der Waals surface area contributed by atoms with E-state index in [0.29, 0.717) is 17.1 Å². The van der Waals surface area contributed by atoms with E-state index in [1.165, 1.54) is 11.8 Å². The summed E-state index contributed by atoms with van der Waals surface area (Å²) in [5.41, 5.74) is 5.12. The van der Waals surface area contributed by atoms with Gasteiger partial charge in [0, 0.05) is 20.1 Å². The first-order valence-corrected chi connectivity index (χ1v) is 7.02. The summed E-state index contributed by atoms with van der Waals surface area (Å²) in [6.07, 6.45) is 0.965. The topological polar surface area (TPSA) is 97.0 Å². The number of carbonyl (C=O) groups is 1. The van der Waals surface area contributed by atoms with Crippen LogP contribution in [0.1, 0.15) is 20.3 Å². The van der Waals surface area contributed by atoms with Crippen molar-refractivity contribution < 1.29 is 4.79 Å². The van der Waals surface area contributed by atoms with E-state index in [2.05, 4.69) is 34.1 Å². The molecular formula is C11H20N6OS. The van der Waals surface area contributed by atoms with Gasteiger partial charge < -0.3 is 16.0 Å². The number of hydrogen-bond acceptors (Lipinski definition) is 7. The predicted octanol–water partition coefficient (Wildman–Crippen LogP) is 0.725. The van der Waals surface area contributed by atoms with Gasteiger partial charge in [0.05, 0.1) is 5.75 Å². The Morgan fingerprint density at radius 3 is 2.63 bits per heavy atom. The van der Waals surface area contributed by atoms with Crippen molar-refractivity contribution in [2.24, 2.45) is 5.73 Å². The SMILES string of the molecule is CC[C@@H](C)Nc1nc(SCC(N)=O)nc(N(C)C)n1. The number of nitrogens with one attached hydrogen (secondary N) is 1. The summed E-state index contributed by atoms with van der Waals surface area (Å²) in [6.45, 7) is 4.13. The Hall–Kier alpha value is -1.57. The lowest BCUT2D eigenvalue weighted by Gasteiger charge is -2.15. The lowest BCUT2D eigenvalue weighted by Crippen LogP contribution is -2.20. The zero-order chi connectivity index (χ0) is 14.4. The first-order valence-electron chi connectivity index (χ1n) is 6.03. The second-order valence-corrected chi connectivity index (χ2v) is 5.29. The number of primary amides is 1. The molecule has 7 nitrogen and oxygen atoms in total. The van der Waals surface area contributed by atoms with E-state index in [-0.39, 0.29) is 11.8 Å². The Kier molecular flexibility index (Phi) is 5.81. The molecule has 0 spiro atoms. The molecule has 0 bridgehead atoms. The molecule has 106 valence electrons. The van der Waals surface area contributed by atoms with Crippen LogP contribution in [0, 0.1) is 0 Å². The molecule has 0 aliphatic heterocycles. The molecule has 0 aliphatic carbocycles. The first-order chi connectivity index (χ1) is 8.92. The number of amides is 1. The molecule has 8 heteroatoms. The van der Waals surface area contributed by atoms with Crippen LogP contribution in [0.4, 0.5) is 11.9 Å². The molecule has 0 fully saturated rings. The molecule has 1 amide bonds. The number of thioether (sulfide) groups is 1. The van der Waals surface area contributed by atoms with Crippen LogP contribution in [0.3, 0.4) is 0 Å². The average molecular weight is 284 g/mol. The number of hydrogen-bond donors (Lipinski definition) is 2. The minimum absolute atomic E-state index is 0.152. The van der Waals surface area contributed by atoms with Crippen molar-refractivity contribution in [2.45, 2.75) is 31.5 Å². The number of rotatable bonds is 7. The summed E-state index contributed by atoms with van der Waals surface area (Å²) in [5.74, 6) is 0.820. The maximum absolute atomic E-state index is 10.8. The van der Waals surface area contributed by atoms with E-state index in [4.69, 9.17) is 5.73 Å². The number of nitrogens with two attached hydrogens (primary N) is 1. The highest BCUT2D eigenvalue weighted by atomic mass is 32.2. The van der Waals surface area contributed by atoms with Gasteiger partial charge in [-0.3, -0.25) is 4.79 Å². The highest BCUT2D eigenvalue weighted by molar-refractivity contribution is 7.99. The van der Waals surface area contributed by atoms with E-state index in [1.807, 2.05) is 14.1 Å². The third kappa shape index (κ3) is 5.29. The number of anilines is 2. The fourth-order valence-electron chi connectivity index (χ4n) is 1.13. The van der Waals surface area contributed by atoms with Crippen LogP contribution < -0.4 is 16.0 Å². The standard InChI is InChI=1S/C11H20N6OS/c1-5-7(2)13-9-14-10(17(3)4)16-11(15-9)19-6-8(12)18/h7H,5-6H2,1-4H3,(H2,12,18)(H,13,14,15,16)/t7-/m1/s1. The molecule has 1 aromatic rings. The van der Waals surface area contributed by atoms with Gasteiger partial charge in [0.15, 0.2) is 5.16 Å². The molecule has 0 aliphatic rings. The molecule has 1 rings (SSSR count). The lowest BCUT2D eigenvalue weighted by atomic mass is 10.3. The Morgan fingerprint density at radius 2 is 2.11 bits per heavy atom. The minimum Gasteiger partial charge on any atom is -0.369 e. The van der Waals surface area contributed by atoms with Crippen LogP contribution in [0.15, 0.2) is 5.16 Å². The zero-order valence-electron chi connectivity index (χ0n) is 11.7.